The standard InChI is InChI=1S/C14H20F3NO/c1-13(2,3)18-9-6-10-19-12-8-5-4-7-11(12)14(15,16)17/h4-5,7-8,18H,6,9-10H2,1-3H3. The molecule has 0 aliphatic heterocycles. The van der Waals surface area contributed by atoms with Gasteiger partial charge in [0.15, 0.2) is 0 Å². The van der Waals surface area contributed by atoms with Crippen molar-refractivity contribution in [2.24, 2.45) is 0 Å². The Balaban J connectivity index is 2.46. The van der Waals surface area contributed by atoms with E-state index in [1.165, 1.54) is 18.2 Å². The number of halogens is 3. The van der Waals surface area contributed by atoms with E-state index in [-0.39, 0.29) is 17.9 Å². The van der Waals surface area contributed by atoms with Gasteiger partial charge in [0.1, 0.15) is 5.75 Å². The number of para-hydroxylation sites is 1. The molecule has 0 atom stereocenters. The van der Waals surface area contributed by atoms with Crippen LogP contribution in [0.3, 0.4) is 0 Å². The maximum absolute atomic E-state index is 12.7. The van der Waals surface area contributed by atoms with Gasteiger partial charge in [-0.05, 0) is 45.9 Å². The maximum atomic E-state index is 12.7. The summed E-state index contributed by atoms with van der Waals surface area (Å²) in [6, 6.07) is 5.28. The molecule has 1 rings (SSSR count). The molecule has 0 amide bonds. The van der Waals surface area contributed by atoms with Gasteiger partial charge in [0.25, 0.3) is 0 Å². The molecule has 0 radical (unpaired) electrons. The van der Waals surface area contributed by atoms with Gasteiger partial charge >= 0.3 is 6.18 Å². The van der Waals surface area contributed by atoms with E-state index in [4.69, 9.17) is 4.74 Å². The average molecular weight is 275 g/mol. The van der Waals surface area contributed by atoms with E-state index in [9.17, 15) is 13.2 Å². The Labute approximate surface area is 112 Å². The Bertz CT molecular complexity index is 396. The Morgan fingerprint density at radius 1 is 1.11 bits per heavy atom. The first-order valence-electron chi connectivity index (χ1n) is 6.24. The molecule has 0 heterocycles. The molecule has 0 aliphatic carbocycles. The van der Waals surface area contributed by atoms with Gasteiger partial charge in [-0.25, -0.2) is 0 Å². The largest absolute Gasteiger partial charge is 0.493 e. The molecule has 0 aliphatic rings. The van der Waals surface area contributed by atoms with Crippen LogP contribution in [0.15, 0.2) is 24.3 Å². The minimum Gasteiger partial charge on any atom is -0.493 e. The van der Waals surface area contributed by atoms with Gasteiger partial charge in [0, 0.05) is 5.54 Å². The first-order valence-corrected chi connectivity index (χ1v) is 6.24. The fourth-order valence-electron chi connectivity index (χ4n) is 1.54. The lowest BCUT2D eigenvalue weighted by Gasteiger charge is -2.20. The summed E-state index contributed by atoms with van der Waals surface area (Å²) in [5.41, 5.74) is -0.720. The molecule has 1 aromatic rings. The van der Waals surface area contributed by atoms with Crippen molar-refractivity contribution in [3.05, 3.63) is 29.8 Å². The molecule has 1 aromatic carbocycles. The topological polar surface area (TPSA) is 21.3 Å². The predicted molar refractivity (Wildman–Crippen MR) is 69.3 cm³/mol. The number of rotatable bonds is 5. The summed E-state index contributed by atoms with van der Waals surface area (Å²) in [7, 11) is 0. The highest BCUT2D eigenvalue weighted by atomic mass is 19.4. The second-order valence-corrected chi connectivity index (χ2v) is 5.37. The molecule has 0 spiro atoms. The van der Waals surface area contributed by atoms with Gasteiger partial charge in [-0.15, -0.1) is 0 Å². The maximum Gasteiger partial charge on any atom is 0.419 e. The number of hydrogen-bond acceptors (Lipinski definition) is 2. The lowest BCUT2D eigenvalue weighted by atomic mass is 10.1. The van der Waals surface area contributed by atoms with Crippen molar-refractivity contribution in [1.82, 2.24) is 5.32 Å². The van der Waals surface area contributed by atoms with Crippen LogP contribution in [0.25, 0.3) is 0 Å². The van der Waals surface area contributed by atoms with Gasteiger partial charge in [0.05, 0.1) is 12.2 Å². The van der Waals surface area contributed by atoms with Crippen molar-refractivity contribution in [2.45, 2.75) is 38.9 Å². The molecule has 0 saturated carbocycles. The Morgan fingerprint density at radius 3 is 2.32 bits per heavy atom. The highest BCUT2D eigenvalue weighted by Crippen LogP contribution is 2.35. The van der Waals surface area contributed by atoms with Gasteiger partial charge in [-0.3, -0.25) is 0 Å². The second kappa shape index (κ2) is 6.28. The lowest BCUT2D eigenvalue weighted by molar-refractivity contribution is -0.138. The van der Waals surface area contributed by atoms with Crippen molar-refractivity contribution in [1.29, 1.82) is 0 Å². The highest BCUT2D eigenvalue weighted by molar-refractivity contribution is 5.35. The Morgan fingerprint density at radius 2 is 1.74 bits per heavy atom. The molecular weight excluding hydrogens is 255 g/mol. The smallest absolute Gasteiger partial charge is 0.419 e. The van der Waals surface area contributed by atoms with Crippen molar-refractivity contribution in [2.75, 3.05) is 13.2 Å². The second-order valence-electron chi connectivity index (χ2n) is 5.37. The molecule has 108 valence electrons. The van der Waals surface area contributed by atoms with Gasteiger partial charge in [0.2, 0.25) is 0 Å². The van der Waals surface area contributed by atoms with Crippen molar-refractivity contribution in [3.8, 4) is 5.75 Å². The van der Waals surface area contributed by atoms with Crippen molar-refractivity contribution < 1.29 is 17.9 Å². The van der Waals surface area contributed by atoms with Crippen LogP contribution < -0.4 is 10.1 Å². The minimum absolute atomic E-state index is 0.00385. The van der Waals surface area contributed by atoms with Crippen LogP contribution in [0, 0.1) is 0 Å². The number of ether oxygens (including phenoxy) is 1. The van der Waals surface area contributed by atoms with Crippen LogP contribution in [0.2, 0.25) is 0 Å². The van der Waals surface area contributed by atoms with E-state index >= 15 is 0 Å². The van der Waals surface area contributed by atoms with Crippen LogP contribution in [0.4, 0.5) is 13.2 Å². The zero-order chi connectivity index (χ0) is 14.5. The average Bonchev–Trinajstić information content (AvgIpc) is 2.26. The van der Waals surface area contributed by atoms with Crippen LogP contribution in [0.5, 0.6) is 5.75 Å². The first kappa shape index (κ1) is 15.8. The molecule has 0 aromatic heterocycles. The highest BCUT2D eigenvalue weighted by Gasteiger charge is 2.33. The first-order chi connectivity index (χ1) is 8.70. The third-order valence-electron chi connectivity index (χ3n) is 2.43. The summed E-state index contributed by atoms with van der Waals surface area (Å²) in [5.74, 6) is -0.106. The summed E-state index contributed by atoms with van der Waals surface area (Å²) >= 11 is 0. The normalized spacial score (nSPS) is 12.5. The summed E-state index contributed by atoms with van der Waals surface area (Å²) in [6.07, 6.45) is -3.72. The predicted octanol–water partition coefficient (Wildman–Crippen LogP) is 3.86. The fourth-order valence-corrected chi connectivity index (χ4v) is 1.54. The Kier molecular flexibility index (Phi) is 5.23. The molecule has 0 bridgehead atoms. The van der Waals surface area contributed by atoms with Crippen LogP contribution in [-0.4, -0.2) is 18.7 Å². The van der Waals surface area contributed by atoms with Crippen molar-refractivity contribution >= 4 is 0 Å². The Hall–Kier alpha value is -1.23. The molecule has 0 fully saturated rings. The number of benzene rings is 1. The molecule has 2 nitrogen and oxygen atoms in total. The molecule has 1 N–H and O–H groups in total. The zero-order valence-electron chi connectivity index (χ0n) is 11.5. The van der Waals surface area contributed by atoms with Crippen LogP contribution in [-0.2, 0) is 6.18 Å². The van der Waals surface area contributed by atoms with E-state index in [1.54, 1.807) is 0 Å². The molecule has 5 heteroatoms. The quantitative estimate of drug-likeness (QED) is 0.824. The molecule has 0 unspecified atom stereocenters. The van der Waals surface area contributed by atoms with E-state index in [0.717, 1.165) is 6.07 Å². The third kappa shape index (κ3) is 5.96. The van der Waals surface area contributed by atoms with E-state index in [1.807, 2.05) is 20.8 Å². The number of nitrogens with one attached hydrogen (secondary N) is 1. The van der Waals surface area contributed by atoms with E-state index in [2.05, 4.69) is 5.32 Å². The lowest BCUT2D eigenvalue weighted by Crippen LogP contribution is -2.36. The number of hydrogen-bond donors (Lipinski definition) is 1. The van der Waals surface area contributed by atoms with E-state index < -0.39 is 11.7 Å². The molecule has 0 saturated heterocycles. The van der Waals surface area contributed by atoms with Crippen LogP contribution in [0.1, 0.15) is 32.8 Å². The van der Waals surface area contributed by atoms with Gasteiger partial charge in [-0.1, -0.05) is 12.1 Å². The summed E-state index contributed by atoms with van der Waals surface area (Å²) in [6.45, 7) is 7.07. The van der Waals surface area contributed by atoms with Gasteiger partial charge < -0.3 is 10.1 Å². The summed E-state index contributed by atoms with van der Waals surface area (Å²) in [5, 5.41) is 3.25. The van der Waals surface area contributed by atoms with Gasteiger partial charge in [-0.2, -0.15) is 13.2 Å². The third-order valence-corrected chi connectivity index (χ3v) is 2.43. The van der Waals surface area contributed by atoms with Crippen molar-refractivity contribution in [3.63, 3.8) is 0 Å². The monoisotopic (exact) mass is 275 g/mol. The molecular formula is C14H20F3NO. The SMILES string of the molecule is CC(C)(C)NCCCOc1ccccc1C(F)(F)F. The summed E-state index contributed by atoms with van der Waals surface area (Å²) < 4.78 is 43.3. The fraction of sp³-hybridized carbons (Fsp3) is 0.571. The minimum atomic E-state index is -4.37. The zero-order valence-corrected chi connectivity index (χ0v) is 11.5. The summed E-state index contributed by atoms with van der Waals surface area (Å²) in [4.78, 5) is 0. The van der Waals surface area contributed by atoms with E-state index in [0.29, 0.717) is 13.0 Å². The van der Waals surface area contributed by atoms with Crippen LogP contribution >= 0.6 is 0 Å². The molecule has 19 heavy (non-hydrogen) atoms. The number of alkyl halides is 3.